The van der Waals surface area contributed by atoms with E-state index in [1.54, 1.807) is 16.8 Å². The molecule has 0 aliphatic carbocycles. The number of carbonyl (C=O) groups excluding carboxylic acids is 1. The predicted molar refractivity (Wildman–Crippen MR) is 83.6 cm³/mol. The highest BCUT2D eigenvalue weighted by molar-refractivity contribution is 6.31. The highest BCUT2D eigenvalue weighted by Gasteiger charge is 2.17. The van der Waals surface area contributed by atoms with Crippen LogP contribution in [-0.2, 0) is 13.0 Å². The first-order chi connectivity index (χ1) is 10.1. The molecule has 0 saturated heterocycles. The number of amides is 1. The molecule has 2 rings (SSSR count). The summed E-state index contributed by atoms with van der Waals surface area (Å²) in [5.41, 5.74) is 1.58. The zero-order valence-corrected chi connectivity index (χ0v) is 12.7. The van der Waals surface area contributed by atoms with Crippen LogP contribution in [0.2, 0.25) is 5.02 Å². The lowest BCUT2D eigenvalue weighted by Crippen LogP contribution is -2.39. The Labute approximate surface area is 129 Å². The van der Waals surface area contributed by atoms with E-state index in [1.165, 1.54) is 0 Å². The fraction of sp³-hybridized carbons (Fsp3) is 0.312. The van der Waals surface area contributed by atoms with E-state index in [9.17, 15) is 9.90 Å². The lowest BCUT2D eigenvalue weighted by molar-refractivity contribution is 0.0907. The largest absolute Gasteiger partial charge is 0.394 e. The third kappa shape index (κ3) is 4.09. The van der Waals surface area contributed by atoms with Crippen LogP contribution in [0.1, 0.15) is 23.0 Å². The van der Waals surface area contributed by atoms with Crippen LogP contribution >= 0.6 is 11.6 Å². The zero-order valence-electron chi connectivity index (χ0n) is 11.9. The van der Waals surface area contributed by atoms with E-state index in [4.69, 9.17) is 11.6 Å². The summed E-state index contributed by atoms with van der Waals surface area (Å²) in [6.07, 6.45) is 2.31. The Hall–Kier alpha value is -1.78. The van der Waals surface area contributed by atoms with Gasteiger partial charge >= 0.3 is 0 Å². The molecule has 0 saturated carbocycles. The van der Waals surface area contributed by atoms with Crippen molar-refractivity contribution in [3.63, 3.8) is 0 Å². The molecule has 0 bridgehead atoms. The van der Waals surface area contributed by atoms with E-state index in [1.807, 2.05) is 37.3 Å². The Kier molecular flexibility index (Phi) is 5.42. The van der Waals surface area contributed by atoms with Gasteiger partial charge < -0.3 is 15.0 Å². The smallest absolute Gasteiger partial charge is 0.268 e. The van der Waals surface area contributed by atoms with Gasteiger partial charge in [0, 0.05) is 12.7 Å². The van der Waals surface area contributed by atoms with Gasteiger partial charge in [0.25, 0.3) is 5.91 Å². The molecule has 5 heteroatoms. The number of nitrogens with one attached hydrogen (secondary N) is 1. The second kappa shape index (κ2) is 7.29. The van der Waals surface area contributed by atoms with Crippen LogP contribution in [0.25, 0.3) is 0 Å². The molecule has 112 valence electrons. The summed E-state index contributed by atoms with van der Waals surface area (Å²) in [4.78, 5) is 12.3. The lowest BCUT2D eigenvalue weighted by atomic mass is 10.1. The topological polar surface area (TPSA) is 54.3 Å². The number of hydrogen-bond donors (Lipinski definition) is 2. The minimum absolute atomic E-state index is 0.110. The first-order valence-electron chi connectivity index (χ1n) is 6.95. The van der Waals surface area contributed by atoms with E-state index in [0.717, 1.165) is 5.56 Å². The van der Waals surface area contributed by atoms with Gasteiger partial charge in [-0.25, -0.2) is 0 Å². The molecule has 1 aromatic carbocycles. The highest BCUT2D eigenvalue weighted by Crippen LogP contribution is 2.14. The van der Waals surface area contributed by atoms with Gasteiger partial charge in [0.2, 0.25) is 0 Å². The maximum Gasteiger partial charge on any atom is 0.268 e. The summed E-state index contributed by atoms with van der Waals surface area (Å²) < 4.78 is 1.79. The van der Waals surface area contributed by atoms with Crippen LogP contribution in [-0.4, -0.2) is 28.2 Å². The SMILES string of the molecule is CCn1cc(Cl)cc1C(=O)NC(CO)Cc1ccccc1. The number of aryl methyl sites for hydroxylation is 1. The summed E-state index contributed by atoms with van der Waals surface area (Å²) in [6.45, 7) is 2.50. The summed E-state index contributed by atoms with van der Waals surface area (Å²) in [5, 5.41) is 12.9. The van der Waals surface area contributed by atoms with Crippen molar-refractivity contribution in [2.24, 2.45) is 0 Å². The van der Waals surface area contributed by atoms with E-state index >= 15 is 0 Å². The monoisotopic (exact) mass is 306 g/mol. The molecule has 0 fully saturated rings. The van der Waals surface area contributed by atoms with E-state index < -0.39 is 0 Å². The maximum absolute atomic E-state index is 12.3. The number of aliphatic hydroxyl groups is 1. The summed E-state index contributed by atoms with van der Waals surface area (Å²) >= 11 is 5.94. The number of carbonyl (C=O) groups is 1. The first-order valence-corrected chi connectivity index (χ1v) is 7.33. The molecule has 2 aromatic rings. The molecule has 0 aliphatic heterocycles. The number of benzene rings is 1. The maximum atomic E-state index is 12.3. The Morgan fingerprint density at radius 3 is 2.71 bits per heavy atom. The van der Waals surface area contributed by atoms with Gasteiger partial charge in [-0.05, 0) is 25.0 Å². The number of rotatable bonds is 6. The number of aromatic nitrogens is 1. The van der Waals surface area contributed by atoms with Crippen molar-refractivity contribution in [1.82, 2.24) is 9.88 Å². The highest BCUT2D eigenvalue weighted by atomic mass is 35.5. The molecule has 0 aliphatic rings. The predicted octanol–water partition coefficient (Wildman–Crippen LogP) is 2.49. The van der Waals surface area contributed by atoms with Crippen LogP contribution in [0.3, 0.4) is 0 Å². The third-order valence-electron chi connectivity index (χ3n) is 3.32. The molecule has 21 heavy (non-hydrogen) atoms. The van der Waals surface area contributed by atoms with Crippen molar-refractivity contribution in [3.8, 4) is 0 Å². The van der Waals surface area contributed by atoms with Crippen molar-refractivity contribution in [2.45, 2.75) is 25.9 Å². The third-order valence-corrected chi connectivity index (χ3v) is 3.52. The van der Waals surface area contributed by atoms with E-state index in [2.05, 4.69) is 5.32 Å². The van der Waals surface area contributed by atoms with Crippen LogP contribution in [0, 0.1) is 0 Å². The molecule has 4 nitrogen and oxygen atoms in total. The van der Waals surface area contributed by atoms with Gasteiger partial charge in [0.05, 0.1) is 17.7 Å². The Balaban J connectivity index is 2.05. The standard InChI is InChI=1S/C16H19ClN2O2/c1-2-19-10-13(17)9-15(19)16(21)18-14(11-20)8-12-6-4-3-5-7-12/h3-7,9-10,14,20H,2,8,11H2,1H3,(H,18,21). The second-order valence-electron chi connectivity index (χ2n) is 4.87. The Morgan fingerprint density at radius 1 is 1.38 bits per heavy atom. The van der Waals surface area contributed by atoms with Crippen LogP contribution in [0.4, 0.5) is 0 Å². The normalized spacial score (nSPS) is 12.1. The molecule has 0 radical (unpaired) electrons. The molecule has 1 atom stereocenters. The molecular weight excluding hydrogens is 288 g/mol. The molecule has 1 heterocycles. The molecule has 2 N–H and O–H groups in total. The first kappa shape index (κ1) is 15.6. The van der Waals surface area contributed by atoms with Gasteiger partial charge in [-0.15, -0.1) is 0 Å². The molecule has 1 aromatic heterocycles. The number of halogens is 1. The summed E-state index contributed by atoms with van der Waals surface area (Å²) in [6, 6.07) is 11.1. The number of hydrogen-bond acceptors (Lipinski definition) is 2. The van der Waals surface area contributed by atoms with Crippen molar-refractivity contribution in [1.29, 1.82) is 0 Å². The van der Waals surface area contributed by atoms with E-state index in [-0.39, 0.29) is 18.6 Å². The van der Waals surface area contributed by atoms with Crippen LogP contribution in [0.15, 0.2) is 42.6 Å². The zero-order chi connectivity index (χ0) is 15.2. The minimum Gasteiger partial charge on any atom is -0.394 e. The van der Waals surface area contributed by atoms with Gasteiger partial charge in [-0.2, -0.15) is 0 Å². The number of nitrogens with zero attached hydrogens (tertiary/aromatic N) is 1. The van der Waals surface area contributed by atoms with Crippen LogP contribution < -0.4 is 5.32 Å². The Bertz CT molecular complexity index is 596. The summed E-state index contributed by atoms with van der Waals surface area (Å²) in [7, 11) is 0. The van der Waals surface area contributed by atoms with Crippen molar-refractivity contribution in [3.05, 3.63) is 58.9 Å². The fourth-order valence-electron chi connectivity index (χ4n) is 2.25. The quantitative estimate of drug-likeness (QED) is 0.861. The van der Waals surface area contributed by atoms with Crippen molar-refractivity contribution in [2.75, 3.05) is 6.61 Å². The van der Waals surface area contributed by atoms with Crippen LogP contribution in [0.5, 0.6) is 0 Å². The van der Waals surface area contributed by atoms with Crippen molar-refractivity contribution < 1.29 is 9.90 Å². The fourth-order valence-corrected chi connectivity index (χ4v) is 2.47. The minimum atomic E-state index is -0.320. The second-order valence-corrected chi connectivity index (χ2v) is 5.31. The average Bonchev–Trinajstić information content (AvgIpc) is 2.88. The van der Waals surface area contributed by atoms with E-state index in [0.29, 0.717) is 23.7 Å². The van der Waals surface area contributed by atoms with Gasteiger partial charge in [0.1, 0.15) is 5.69 Å². The van der Waals surface area contributed by atoms with Gasteiger partial charge in [0.15, 0.2) is 0 Å². The number of aliphatic hydroxyl groups excluding tert-OH is 1. The molecule has 1 unspecified atom stereocenters. The van der Waals surface area contributed by atoms with Gasteiger partial charge in [-0.3, -0.25) is 4.79 Å². The molecular formula is C16H19ClN2O2. The molecule has 0 spiro atoms. The van der Waals surface area contributed by atoms with Crippen molar-refractivity contribution >= 4 is 17.5 Å². The summed E-state index contributed by atoms with van der Waals surface area (Å²) in [5.74, 6) is -0.223. The average molecular weight is 307 g/mol. The van der Waals surface area contributed by atoms with Gasteiger partial charge in [-0.1, -0.05) is 41.9 Å². The molecule has 1 amide bonds. The lowest BCUT2D eigenvalue weighted by Gasteiger charge is -2.17. The Morgan fingerprint density at radius 2 is 2.10 bits per heavy atom.